The molecule has 1 spiro atoms. The van der Waals surface area contributed by atoms with E-state index < -0.39 is 17.5 Å². The van der Waals surface area contributed by atoms with Gasteiger partial charge in [-0.2, -0.15) is 0 Å². The van der Waals surface area contributed by atoms with Gasteiger partial charge in [0.05, 0.1) is 55.2 Å². The molecule has 2 amide bonds. The fourth-order valence-electron chi connectivity index (χ4n) is 12.7. The summed E-state index contributed by atoms with van der Waals surface area (Å²) < 4.78 is 14.7. The van der Waals surface area contributed by atoms with E-state index in [2.05, 4.69) is 139 Å². The number of anilines is 1. The second-order valence-corrected chi connectivity index (χ2v) is 22.9. The Morgan fingerprint density at radius 2 is 1.83 bits per heavy atom. The van der Waals surface area contributed by atoms with Gasteiger partial charge in [-0.25, -0.2) is 5.43 Å². The minimum atomic E-state index is -0.858. The molecule has 2 aromatic heterocycles. The minimum Gasteiger partial charge on any atom is -0.464 e. The fraction of sp³-hybridized carbons (Fsp3) is 0.607. The van der Waals surface area contributed by atoms with Gasteiger partial charge in [-0.1, -0.05) is 71.9 Å². The van der Waals surface area contributed by atoms with Crippen LogP contribution in [0.4, 0.5) is 5.69 Å². The monoisotopic (exact) mass is 956 g/mol. The first-order chi connectivity index (χ1) is 33.7. The third-order valence-electron chi connectivity index (χ3n) is 16.4. The zero-order valence-corrected chi connectivity index (χ0v) is 42.8. The number of aromatic nitrogens is 2. The fourth-order valence-corrected chi connectivity index (χ4v) is 12.7. The molecule has 8 heterocycles. The first-order valence-electron chi connectivity index (χ1n) is 26.5. The van der Waals surface area contributed by atoms with E-state index >= 15 is 0 Å². The van der Waals surface area contributed by atoms with Crippen molar-refractivity contribution in [2.75, 3.05) is 83.6 Å². The second-order valence-electron chi connectivity index (χ2n) is 22.9. The Bertz CT molecular complexity index is 2580. The molecule has 6 aliphatic rings. The number of nitrogens with one attached hydrogen (secondary N) is 3. The molecule has 0 aliphatic carbocycles. The average molecular weight is 956 g/mol. The van der Waals surface area contributed by atoms with Crippen molar-refractivity contribution in [1.82, 2.24) is 40.4 Å². The molecule has 14 heteroatoms. The van der Waals surface area contributed by atoms with Crippen LogP contribution in [0.15, 0.2) is 54.7 Å². The van der Waals surface area contributed by atoms with Crippen molar-refractivity contribution < 1.29 is 23.9 Å². The molecule has 2 aromatic carbocycles. The van der Waals surface area contributed by atoms with Crippen LogP contribution < -0.4 is 21.0 Å². The van der Waals surface area contributed by atoms with Crippen molar-refractivity contribution in [3.63, 3.8) is 0 Å². The van der Waals surface area contributed by atoms with E-state index in [1.54, 1.807) is 5.01 Å². The van der Waals surface area contributed by atoms with E-state index in [4.69, 9.17) is 14.5 Å². The summed E-state index contributed by atoms with van der Waals surface area (Å²) in [7, 11) is 0. The number of carbonyl (C=O) groups excluding carboxylic acids is 3. The largest absolute Gasteiger partial charge is 0.464 e. The molecule has 0 unspecified atom stereocenters. The predicted octanol–water partition coefficient (Wildman–Crippen LogP) is 6.39. The maximum Gasteiger partial charge on any atom is 0.324 e. The quantitative estimate of drug-likeness (QED) is 0.170. The van der Waals surface area contributed by atoms with Crippen molar-refractivity contribution in [3.8, 4) is 22.4 Å². The van der Waals surface area contributed by atoms with Gasteiger partial charge in [-0.15, -0.1) is 0 Å². The van der Waals surface area contributed by atoms with E-state index in [1.807, 2.05) is 0 Å². The van der Waals surface area contributed by atoms with E-state index in [0.29, 0.717) is 38.3 Å². The third-order valence-corrected chi connectivity index (χ3v) is 16.4. The van der Waals surface area contributed by atoms with Gasteiger partial charge in [-0.3, -0.25) is 34.2 Å². The van der Waals surface area contributed by atoms with Crippen LogP contribution in [0.25, 0.3) is 33.3 Å². The lowest BCUT2D eigenvalue weighted by molar-refractivity contribution is -0.155. The molecule has 0 radical (unpaired) electrons. The number of hydrogen-bond donors (Lipinski definition) is 3. The third kappa shape index (κ3) is 9.75. The van der Waals surface area contributed by atoms with Crippen LogP contribution >= 0.6 is 0 Å². The zero-order chi connectivity index (χ0) is 48.9. The molecule has 376 valence electrons. The van der Waals surface area contributed by atoms with Gasteiger partial charge >= 0.3 is 5.97 Å². The molecule has 5 fully saturated rings. The summed E-state index contributed by atoms with van der Waals surface area (Å²) in [6.07, 6.45) is 6.38. The molecule has 70 heavy (non-hydrogen) atoms. The average Bonchev–Trinajstić information content (AvgIpc) is 4.08. The number of amides is 2. The number of morpholine rings is 1. The van der Waals surface area contributed by atoms with E-state index in [0.717, 1.165) is 129 Å². The summed E-state index contributed by atoms with van der Waals surface area (Å²) in [5.41, 5.74) is 12.9. The highest BCUT2D eigenvalue weighted by atomic mass is 16.5. The smallest absolute Gasteiger partial charge is 0.324 e. The molecule has 6 bridgehead atoms. The van der Waals surface area contributed by atoms with Crippen molar-refractivity contribution in [2.45, 2.75) is 124 Å². The molecule has 6 aliphatic heterocycles. The topological polar surface area (TPSA) is 137 Å². The molecule has 4 aromatic rings. The van der Waals surface area contributed by atoms with Gasteiger partial charge in [0.1, 0.15) is 12.1 Å². The van der Waals surface area contributed by atoms with E-state index in [1.165, 1.54) is 11.3 Å². The van der Waals surface area contributed by atoms with Gasteiger partial charge in [0, 0.05) is 80.7 Å². The normalized spacial score (nSPS) is 26.2. The Balaban J connectivity index is 1.05. The van der Waals surface area contributed by atoms with Crippen LogP contribution in [-0.2, 0) is 43.2 Å². The maximum atomic E-state index is 14.8. The number of pyridine rings is 1. The first kappa shape index (κ1) is 48.8. The summed E-state index contributed by atoms with van der Waals surface area (Å²) in [4.78, 5) is 56.3. The number of benzene rings is 2. The number of rotatable bonds is 8. The first-order valence-corrected chi connectivity index (χ1v) is 26.5. The Morgan fingerprint density at radius 3 is 2.61 bits per heavy atom. The second kappa shape index (κ2) is 20.0. The van der Waals surface area contributed by atoms with Crippen LogP contribution in [0.2, 0.25) is 0 Å². The highest BCUT2D eigenvalue weighted by molar-refractivity contribution is 5.96. The Kier molecular flexibility index (Phi) is 13.9. The number of fused-ring (bicyclic) bond motifs is 7. The molecule has 5 saturated heterocycles. The summed E-state index contributed by atoms with van der Waals surface area (Å²) >= 11 is 0. The zero-order valence-electron chi connectivity index (χ0n) is 42.8. The standard InChI is InChI=1S/C56H77N9O5/c1-8-64-48-15-14-40-27-43(48)45(51(64)44-28-41(30-58-49(44)36(2)3)62-22-21-61-23-24-69-32-42(61)31-62)29-55(6,7)35-70-54(68)46-13-10-19-65(60-46)53(67)47(26-38-11-9-12-39(40)25-38)59-52(66)50(37(4)5)63-20-17-56(34-63)16-18-57-33-56/h9,11-12,14-15,25,27-28,30,36-37,42,46-47,50,57,60H,8,10,13,16-24,26,29,31-35H2,1-7H3,(H,59,66)/t42-,46-,47-,50-,56-/m0/s1. The van der Waals surface area contributed by atoms with E-state index in [9.17, 15) is 14.4 Å². The SMILES string of the molecule is CCn1c(-c2cc(N3CCN4CCOC[C@@H]4C3)cnc2C(C)C)c2c3cc(ccc31)-c1cccc(c1)C[C@H](NC(=O)[C@H](C(C)C)N1CC[C@]3(CCNC3)C1)C(=O)N1CCC[C@H](N1)C(=O)OCC(C)(C)C2. The van der Waals surface area contributed by atoms with Gasteiger partial charge < -0.3 is 29.6 Å². The number of carbonyl (C=O) groups is 3. The van der Waals surface area contributed by atoms with E-state index in [-0.39, 0.29) is 47.7 Å². The summed E-state index contributed by atoms with van der Waals surface area (Å²) in [6, 6.07) is 16.1. The number of hydrazine groups is 1. The highest BCUT2D eigenvalue weighted by Crippen LogP contribution is 2.43. The van der Waals surface area contributed by atoms with Crippen molar-refractivity contribution >= 4 is 34.4 Å². The number of piperazine rings is 1. The molecule has 5 atom stereocenters. The predicted molar refractivity (Wildman–Crippen MR) is 275 cm³/mol. The number of ether oxygens (including phenoxy) is 2. The molecular formula is C56H77N9O5. The van der Waals surface area contributed by atoms with Crippen LogP contribution in [0.3, 0.4) is 0 Å². The van der Waals surface area contributed by atoms with Gasteiger partial charge in [0.25, 0.3) is 5.91 Å². The number of cyclic esters (lactones) is 1. The summed E-state index contributed by atoms with van der Waals surface area (Å²) in [5.74, 6) is -0.517. The lowest BCUT2D eigenvalue weighted by Crippen LogP contribution is -2.62. The van der Waals surface area contributed by atoms with Gasteiger partial charge in [0.2, 0.25) is 5.91 Å². The Hall–Kier alpha value is -4.86. The van der Waals surface area contributed by atoms with Gasteiger partial charge in [0.15, 0.2) is 0 Å². The number of hydrogen-bond acceptors (Lipinski definition) is 11. The molecule has 14 nitrogen and oxygen atoms in total. The molecule has 10 rings (SSSR count). The number of aryl methyl sites for hydroxylation is 1. The number of nitrogens with zero attached hydrogens (tertiary/aromatic N) is 6. The summed E-state index contributed by atoms with van der Waals surface area (Å²) in [6.45, 7) is 25.7. The lowest BCUT2D eigenvalue weighted by Gasteiger charge is -2.44. The highest BCUT2D eigenvalue weighted by Gasteiger charge is 2.45. The number of likely N-dealkylation sites (tertiary alicyclic amines) is 1. The van der Waals surface area contributed by atoms with Crippen LogP contribution in [-0.4, -0.2) is 145 Å². The van der Waals surface area contributed by atoms with Crippen molar-refractivity contribution in [1.29, 1.82) is 0 Å². The number of esters is 1. The molecule has 3 N–H and O–H groups in total. The van der Waals surface area contributed by atoms with Crippen LogP contribution in [0.5, 0.6) is 0 Å². The molecule has 0 saturated carbocycles. The summed E-state index contributed by atoms with van der Waals surface area (Å²) in [5, 5.41) is 9.57. The van der Waals surface area contributed by atoms with Crippen LogP contribution in [0.1, 0.15) is 96.9 Å². The van der Waals surface area contributed by atoms with Crippen molar-refractivity contribution in [3.05, 3.63) is 71.5 Å². The lowest BCUT2D eigenvalue weighted by atomic mass is 9.83. The Labute approximate surface area is 415 Å². The maximum absolute atomic E-state index is 14.8. The molecular weight excluding hydrogens is 879 g/mol. The van der Waals surface area contributed by atoms with Gasteiger partial charge in [-0.05, 0) is 110 Å². The van der Waals surface area contributed by atoms with Crippen LogP contribution in [0, 0.1) is 16.7 Å². The minimum absolute atomic E-state index is 0.0478. The van der Waals surface area contributed by atoms with Crippen molar-refractivity contribution in [2.24, 2.45) is 16.7 Å². The Morgan fingerprint density at radius 1 is 0.986 bits per heavy atom.